The molecule has 2 aromatic rings. The van der Waals surface area contributed by atoms with Crippen LogP contribution in [0, 0.1) is 0 Å². The number of fused-ring (bicyclic) bond motifs is 1. The van der Waals surface area contributed by atoms with E-state index in [2.05, 4.69) is 25.2 Å². The number of carbonyl (C=O) groups excluding carboxylic acids is 1. The molecule has 29 heavy (non-hydrogen) atoms. The van der Waals surface area contributed by atoms with E-state index in [1.54, 1.807) is 17.7 Å². The molecule has 0 unspecified atom stereocenters. The zero-order valence-electron chi connectivity index (χ0n) is 16.3. The van der Waals surface area contributed by atoms with Gasteiger partial charge in [0.05, 0.1) is 10.9 Å². The maximum absolute atomic E-state index is 13.3. The molecule has 1 saturated carbocycles. The molecule has 11 heteroatoms. The van der Waals surface area contributed by atoms with Crippen LogP contribution in [0.15, 0.2) is 18.6 Å². The summed E-state index contributed by atoms with van der Waals surface area (Å²) >= 11 is 0. The van der Waals surface area contributed by atoms with E-state index in [0.29, 0.717) is 39.0 Å². The number of amides is 1. The van der Waals surface area contributed by atoms with Gasteiger partial charge in [-0.15, -0.1) is 0 Å². The molecule has 2 aliphatic heterocycles. The van der Waals surface area contributed by atoms with Crippen molar-refractivity contribution in [2.45, 2.75) is 37.3 Å². The quantitative estimate of drug-likeness (QED) is 0.709. The molecule has 3 fully saturated rings. The molecule has 10 nitrogen and oxygen atoms in total. The Morgan fingerprint density at radius 3 is 2.86 bits per heavy atom. The van der Waals surface area contributed by atoms with Crippen molar-refractivity contribution in [1.82, 2.24) is 28.9 Å². The van der Waals surface area contributed by atoms with E-state index >= 15 is 0 Å². The van der Waals surface area contributed by atoms with Gasteiger partial charge in [-0.2, -0.15) is 17.0 Å². The summed E-state index contributed by atoms with van der Waals surface area (Å²) in [5, 5.41) is 3.80. The number of likely N-dealkylation sites (N-methyl/N-ethyl adjacent to an activating group) is 1. The van der Waals surface area contributed by atoms with Crippen molar-refractivity contribution < 1.29 is 13.2 Å². The molecule has 1 aliphatic carbocycles. The van der Waals surface area contributed by atoms with Gasteiger partial charge in [0, 0.05) is 51.9 Å². The van der Waals surface area contributed by atoms with Gasteiger partial charge < -0.3 is 15.2 Å². The number of H-pyrrole nitrogens is 1. The lowest BCUT2D eigenvalue weighted by Gasteiger charge is -2.43. The van der Waals surface area contributed by atoms with E-state index in [0.717, 1.165) is 29.7 Å². The van der Waals surface area contributed by atoms with E-state index in [1.807, 2.05) is 12.3 Å². The van der Waals surface area contributed by atoms with Crippen LogP contribution in [0.5, 0.6) is 0 Å². The number of rotatable bonds is 5. The van der Waals surface area contributed by atoms with Crippen LogP contribution in [0.1, 0.15) is 25.7 Å². The van der Waals surface area contributed by atoms with E-state index in [-0.39, 0.29) is 17.5 Å². The molecule has 2 N–H and O–H groups in total. The highest BCUT2D eigenvalue weighted by Crippen LogP contribution is 2.47. The van der Waals surface area contributed by atoms with E-state index in [1.165, 1.54) is 4.31 Å². The number of carbonyl (C=O) groups is 1. The lowest BCUT2D eigenvalue weighted by atomic mass is 10.2. The molecule has 4 heterocycles. The molecule has 5 rings (SSSR count). The second-order valence-corrected chi connectivity index (χ2v) is 10.2. The van der Waals surface area contributed by atoms with Crippen molar-refractivity contribution in [2.24, 2.45) is 0 Å². The van der Waals surface area contributed by atoms with Crippen LogP contribution >= 0.6 is 0 Å². The predicted molar refractivity (Wildman–Crippen MR) is 107 cm³/mol. The zero-order valence-corrected chi connectivity index (χ0v) is 17.2. The molecule has 0 aromatic carbocycles. The Morgan fingerprint density at radius 1 is 1.31 bits per heavy atom. The monoisotopic (exact) mass is 419 g/mol. The predicted octanol–water partition coefficient (Wildman–Crippen LogP) is 0.0677. The van der Waals surface area contributed by atoms with Gasteiger partial charge in [-0.25, -0.2) is 9.97 Å². The topological polar surface area (TPSA) is 115 Å². The van der Waals surface area contributed by atoms with Gasteiger partial charge in [-0.05, 0) is 25.3 Å². The standard InChI is InChI=1S/C18H25N7O3S/c1-23(10-13-2-3-15(26)22-13)29(27,28)25-9-8-24(11-18(25)5-6-18)17-14-4-7-19-16(14)20-12-21-17/h4,7,12-13H,2-3,5-6,8-11H2,1H3,(H,22,26)(H,19,20,21)/t13-/m1/s1. The van der Waals surface area contributed by atoms with E-state index < -0.39 is 10.2 Å². The zero-order chi connectivity index (χ0) is 20.2. The molecule has 0 radical (unpaired) electrons. The Balaban J connectivity index is 1.34. The Morgan fingerprint density at radius 2 is 2.14 bits per heavy atom. The average molecular weight is 420 g/mol. The van der Waals surface area contributed by atoms with Crippen molar-refractivity contribution in [2.75, 3.05) is 38.1 Å². The Kier molecular flexibility index (Phi) is 4.30. The van der Waals surface area contributed by atoms with Gasteiger partial charge >= 0.3 is 0 Å². The van der Waals surface area contributed by atoms with Gasteiger partial charge in [-0.1, -0.05) is 0 Å². The van der Waals surface area contributed by atoms with Crippen LogP contribution in [0.25, 0.3) is 11.0 Å². The number of hydrogen-bond acceptors (Lipinski definition) is 6. The highest BCUT2D eigenvalue weighted by atomic mass is 32.2. The smallest absolute Gasteiger partial charge is 0.282 e. The van der Waals surface area contributed by atoms with Crippen LogP contribution in [0.3, 0.4) is 0 Å². The van der Waals surface area contributed by atoms with Crippen LogP contribution in [-0.4, -0.2) is 82.7 Å². The van der Waals surface area contributed by atoms with Crippen LogP contribution in [-0.2, 0) is 15.0 Å². The summed E-state index contributed by atoms with van der Waals surface area (Å²) < 4.78 is 29.7. The molecule has 1 spiro atoms. The molecule has 2 saturated heterocycles. The maximum Gasteiger partial charge on any atom is 0.282 e. The van der Waals surface area contributed by atoms with Gasteiger partial charge in [0.25, 0.3) is 10.2 Å². The van der Waals surface area contributed by atoms with Crippen LogP contribution < -0.4 is 10.2 Å². The summed E-state index contributed by atoms with van der Waals surface area (Å²) in [6.45, 7) is 1.92. The third-order valence-electron chi connectivity index (χ3n) is 6.28. The van der Waals surface area contributed by atoms with Crippen molar-refractivity contribution in [1.29, 1.82) is 0 Å². The lowest BCUT2D eigenvalue weighted by Crippen LogP contribution is -2.60. The van der Waals surface area contributed by atoms with Gasteiger partial charge in [0.2, 0.25) is 5.91 Å². The summed E-state index contributed by atoms with van der Waals surface area (Å²) in [5.41, 5.74) is 0.408. The molecule has 1 atom stereocenters. The van der Waals surface area contributed by atoms with Crippen molar-refractivity contribution in [3.8, 4) is 0 Å². The minimum atomic E-state index is -3.60. The normalized spacial score (nSPS) is 24.6. The fourth-order valence-corrected chi connectivity index (χ4v) is 6.30. The number of nitrogens with one attached hydrogen (secondary N) is 2. The highest BCUT2D eigenvalue weighted by Gasteiger charge is 2.56. The van der Waals surface area contributed by atoms with Crippen molar-refractivity contribution in [3.63, 3.8) is 0 Å². The molecule has 3 aliphatic rings. The molecular formula is C18H25N7O3S. The van der Waals surface area contributed by atoms with Crippen molar-refractivity contribution in [3.05, 3.63) is 18.6 Å². The largest absolute Gasteiger partial charge is 0.353 e. The molecule has 156 valence electrons. The highest BCUT2D eigenvalue weighted by molar-refractivity contribution is 7.86. The molecule has 0 bridgehead atoms. The summed E-state index contributed by atoms with van der Waals surface area (Å²) in [4.78, 5) is 25.4. The molecule has 1 amide bonds. The van der Waals surface area contributed by atoms with Crippen molar-refractivity contribution >= 4 is 33.0 Å². The number of piperazine rings is 1. The maximum atomic E-state index is 13.3. The lowest BCUT2D eigenvalue weighted by molar-refractivity contribution is -0.119. The number of anilines is 1. The fraction of sp³-hybridized carbons (Fsp3) is 0.611. The Bertz CT molecular complexity index is 1050. The molecule has 2 aromatic heterocycles. The summed E-state index contributed by atoms with van der Waals surface area (Å²) in [7, 11) is -1.99. The summed E-state index contributed by atoms with van der Waals surface area (Å²) in [6, 6.07) is 1.85. The van der Waals surface area contributed by atoms with Crippen LogP contribution in [0.2, 0.25) is 0 Å². The number of nitrogens with zero attached hydrogens (tertiary/aromatic N) is 5. The van der Waals surface area contributed by atoms with Gasteiger partial charge in [0.15, 0.2) is 0 Å². The Hall–Kier alpha value is -2.24. The first kappa shape index (κ1) is 18.8. The third-order valence-corrected chi connectivity index (χ3v) is 8.35. The van der Waals surface area contributed by atoms with Gasteiger partial charge in [0.1, 0.15) is 17.8 Å². The first-order chi connectivity index (χ1) is 13.9. The fourth-order valence-electron chi connectivity index (χ4n) is 4.55. The van der Waals surface area contributed by atoms with E-state index in [4.69, 9.17) is 0 Å². The third kappa shape index (κ3) is 3.17. The summed E-state index contributed by atoms with van der Waals surface area (Å²) in [6.07, 6.45) is 6.22. The second kappa shape index (κ2) is 6.64. The minimum absolute atomic E-state index is 0.00556. The first-order valence-corrected chi connectivity index (χ1v) is 11.4. The van der Waals surface area contributed by atoms with Crippen LogP contribution in [0.4, 0.5) is 5.82 Å². The average Bonchev–Trinajstić information content (AvgIpc) is 3.10. The first-order valence-electron chi connectivity index (χ1n) is 9.96. The minimum Gasteiger partial charge on any atom is -0.353 e. The SMILES string of the molecule is CN(C[C@H]1CCC(=O)N1)S(=O)(=O)N1CCN(c2ncnc3[nH]ccc23)CC12CC2. The number of hydrogen-bond donors (Lipinski definition) is 2. The summed E-state index contributed by atoms with van der Waals surface area (Å²) in [5.74, 6) is 0.843. The second-order valence-electron chi connectivity index (χ2n) is 8.25. The Labute approximate surface area is 169 Å². The number of aromatic nitrogens is 3. The number of aromatic amines is 1. The van der Waals surface area contributed by atoms with E-state index in [9.17, 15) is 13.2 Å². The molecular weight excluding hydrogens is 394 g/mol. The van der Waals surface area contributed by atoms with Gasteiger partial charge in [-0.3, -0.25) is 4.79 Å².